The summed E-state index contributed by atoms with van der Waals surface area (Å²) in [4.78, 5) is 8.54. The number of fused-ring (bicyclic) bond motifs is 1. The lowest BCUT2D eigenvalue weighted by atomic mass is 10.3. The summed E-state index contributed by atoms with van der Waals surface area (Å²) < 4.78 is 1.87. The van der Waals surface area contributed by atoms with Gasteiger partial charge in [-0.2, -0.15) is 5.26 Å². The molecule has 0 amide bonds. The Morgan fingerprint density at radius 1 is 1.12 bits per heavy atom. The zero-order valence-electron chi connectivity index (χ0n) is 8.91. The van der Waals surface area contributed by atoms with Crippen LogP contribution in [-0.4, -0.2) is 14.5 Å². The van der Waals surface area contributed by atoms with E-state index in [9.17, 15) is 0 Å². The van der Waals surface area contributed by atoms with Gasteiger partial charge < -0.3 is 0 Å². The molecule has 1 aromatic carbocycles. The predicted molar refractivity (Wildman–Crippen MR) is 63.6 cm³/mol. The molecule has 0 unspecified atom stereocenters. The molecule has 0 spiro atoms. The molecule has 4 nitrogen and oxygen atoms in total. The van der Waals surface area contributed by atoms with Crippen LogP contribution in [0.5, 0.6) is 0 Å². The minimum Gasteiger partial charge on any atom is -0.283 e. The Balaban J connectivity index is 2.24. The van der Waals surface area contributed by atoms with E-state index >= 15 is 0 Å². The van der Waals surface area contributed by atoms with Crippen LogP contribution in [0, 0.1) is 11.3 Å². The van der Waals surface area contributed by atoms with Crippen LogP contribution >= 0.6 is 0 Å². The van der Waals surface area contributed by atoms with Crippen molar-refractivity contribution in [3.8, 4) is 11.9 Å². The summed E-state index contributed by atoms with van der Waals surface area (Å²) in [7, 11) is 0. The first-order valence-corrected chi connectivity index (χ1v) is 5.17. The minimum atomic E-state index is 0.591. The molecule has 0 radical (unpaired) electrons. The highest BCUT2D eigenvalue weighted by molar-refractivity contribution is 5.76. The van der Waals surface area contributed by atoms with E-state index in [0.717, 1.165) is 11.0 Å². The second-order valence-electron chi connectivity index (χ2n) is 3.62. The molecular formula is C13H8N4. The summed E-state index contributed by atoms with van der Waals surface area (Å²) in [5.74, 6) is 0.706. The highest BCUT2D eigenvalue weighted by Crippen LogP contribution is 2.16. The highest BCUT2D eigenvalue weighted by Gasteiger charge is 2.05. The Morgan fingerprint density at radius 2 is 2.00 bits per heavy atom. The lowest BCUT2D eigenvalue weighted by Crippen LogP contribution is -1.95. The Bertz CT molecular complexity index is 721. The number of hydrogen-bond donors (Lipinski definition) is 0. The fourth-order valence-electron chi connectivity index (χ4n) is 1.76. The van der Waals surface area contributed by atoms with E-state index in [1.165, 1.54) is 0 Å². The van der Waals surface area contributed by atoms with E-state index < -0.39 is 0 Å². The fourth-order valence-corrected chi connectivity index (χ4v) is 1.76. The summed E-state index contributed by atoms with van der Waals surface area (Å²) in [5.41, 5.74) is 2.49. The number of nitriles is 1. The molecule has 3 rings (SSSR count). The summed E-state index contributed by atoms with van der Waals surface area (Å²) in [5, 5.41) is 8.87. The summed E-state index contributed by atoms with van der Waals surface area (Å²) in [6, 6.07) is 13.3. The van der Waals surface area contributed by atoms with Gasteiger partial charge in [0.1, 0.15) is 12.1 Å². The van der Waals surface area contributed by atoms with Gasteiger partial charge in [-0.25, -0.2) is 9.97 Å². The first kappa shape index (κ1) is 9.55. The summed E-state index contributed by atoms with van der Waals surface area (Å²) >= 11 is 0. The van der Waals surface area contributed by atoms with Crippen LogP contribution in [-0.2, 0) is 0 Å². The highest BCUT2D eigenvalue weighted by atomic mass is 15.1. The Hall–Kier alpha value is -2.67. The summed E-state index contributed by atoms with van der Waals surface area (Å²) in [6.45, 7) is 0. The molecule has 2 heterocycles. The minimum absolute atomic E-state index is 0.591. The number of para-hydroxylation sites is 2. The van der Waals surface area contributed by atoms with Crippen LogP contribution in [0.1, 0.15) is 5.56 Å². The van der Waals surface area contributed by atoms with Crippen LogP contribution in [0.15, 0.2) is 48.9 Å². The topological polar surface area (TPSA) is 54.5 Å². The summed E-state index contributed by atoms with van der Waals surface area (Å²) in [6.07, 6.45) is 3.34. The van der Waals surface area contributed by atoms with Crippen LogP contribution < -0.4 is 0 Å². The lowest BCUT2D eigenvalue weighted by molar-refractivity contribution is 1.02. The van der Waals surface area contributed by atoms with E-state index in [2.05, 4.69) is 16.0 Å². The average molecular weight is 220 g/mol. The Labute approximate surface area is 97.8 Å². The predicted octanol–water partition coefficient (Wildman–Crippen LogP) is 2.29. The third-order valence-electron chi connectivity index (χ3n) is 2.57. The molecule has 0 atom stereocenters. The second-order valence-corrected chi connectivity index (χ2v) is 3.62. The van der Waals surface area contributed by atoms with E-state index in [1.54, 1.807) is 24.7 Å². The number of imidazole rings is 1. The zero-order valence-corrected chi connectivity index (χ0v) is 8.91. The quantitative estimate of drug-likeness (QED) is 0.632. The number of hydrogen-bond acceptors (Lipinski definition) is 3. The molecule has 0 aliphatic heterocycles. The molecule has 4 heteroatoms. The molecule has 0 bridgehead atoms. The van der Waals surface area contributed by atoms with Crippen LogP contribution in [0.4, 0.5) is 0 Å². The fraction of sp³-hybridized carbons (Fsp3) is 0. The van der Waals surface area contributed by atoms with Gasteiger partial charge in [-0.15, -0.1) is 0 Å². The van der Waals surface area contributed by atoms with Crippen molar-refractivity contribution in [2.45, 2.75) is 0 Å². The largest absolute Gasteiger partial charge is 0.283 e. The van der Waals surface area contributed by atoms with Crippen LogP contribution in [0.3, 0.4) is 0 Å². The van der Waals surface area contributed by atoms with Gasteiger partial charge in [-0.1, -0.05) is 12.1 Å². The SMILES string of the molecule is N#Cc1ccnc(-n2cnc3ccccc32)c1. The molecule has 0 fully saturated rings. The molecule has 17 heavy (non-hydrogen) atoms. The molecule has 0 saturated carbocycles. The number of pyridine rings is 1. The number of benzene rings is 1. The normalized spacial score (nSPS) is 10.3. The standard InChI is InChI=1S/C13H8N4/c14-8-10-5-6-15-13(7-10)17-9-16-11-3-1-2-4-12(11)17/h1-7,9H. The van der Waals surface area contributed by atoms with Crippen molar-refractivity contribution in [3.05, 3.63) is 54.5 Å². The Morgan fingerprint density at radius 3 is 2.88 bits per heavy atom. The number of rotatable bonds is 1. The van der Waals surface area contributed by atoms with Crippen molar-refractivity contribution in [1.82, 2.24) is 14.5 Å². The van der Waals surface area contributed by atoms with Crippen molar-refractivity contribution >= 4 is 11.0 Å². The van der Waals surface area contributed by atoms with Crippen LogP contribution in [0.25, 0.3) is 16.9 Å². The van der Waals surface area contributed by atoms with Gasteiger partial charge in [0.2, 0.25) is 0 Å². The molecular weight excluding hydrogens is 212 g/mol. The van der Waals surface area contributed by atoms with Crippen molar-refractivity contribution < 1.29 is 0 Å². The maximum absolute atomic E-state index is 8.87. The Kier molecular flexibility index (Phi) is 2.09. The van der Waals surface area contributed by atoms with E-state index in [-0.39, 0.29) is 0 Å². The molecule has 0 aliphatic carbocycles. The van der Waals surface area contributed by atoms with Crippen molar-refractivity contribution in [2.75, 3.05) is 0 Å². The maximum atomic E-state index is 8.87. The third-order valence-corrected chi connectivity index (χ3v) is 2.57. The molecule has 80 valence electrons. The van der Waals surface area contributed by atoms with Gasteiger partial charge >= 0.3 is 0 Å². The van der Waals surface area contributed by atoms with E-state index in [0.29, 0.717) is 11.4 Å². The van der Waals surface area contributed by atoms with Gasteiger partial charge in [0.15, 0.2) is 0 Å². The van der Waals surface area contributed by atoms with Gasteiger partial charge in [0, 0.05) is 6.20 Å². The third kappa shape index (κ3) is 1.54. The van der Waals surface area contributed by atoms with Crippen molar-refractivity contribution in [2.24, 2.45) is 0 Å². The lowest BCUT2D eigenvalue weighted by Gasteiger charge is -2.02. The average Bonchev–Trinajstić information content (AvgIpc) is 2.82. The van der Waals surface area contributed by atoms with E-state index in [1.807, 2.05) is 28.8 Å². The van der Waals surface area contributed by atoms with Gasteiger partial charge in [-0.05, 0) is 24.3 Å². The smallest absolute Gasteiger partial charge is 0.139 e. The van der Waals surface area contributed by atoms with E-state index in [4.69, 9.17) is 5.26 Å². The molecule has 0 N–H and O–H groups in total. The van der Waals surface area contributed by atoms with Crippen LogP contribution in [0.2, 0.25) is 0 Å². The van der Waals surface area contributed by atoms with Gasteiger partial charge in [-0.3, -0.25) is 4.57 Å². The first-order chi connectivity index (χ1) is 8.38. The first-order valence-electron chi connectivity index (χ1n) is 5.17. The zero-order chi connectivity index (χ0) is 11.7. The molecule has 0 aliphatic rings. The number of nitrogens with zero attached hydrogens (tertiary/aromatic N) is 4. The molecule has 3 aromatic rings. The monoisotopic (exact) mass is 220 g/mol. The van der Waals surface area contributed by atoms with Gasteiger partial charge in [0.25, 0.3) is 0 Å². The van der Waals surface area contributed by atoms with Crippen molar-refractivity contribution in [3.63, 3.8) is 0 Å². The molecule has 2 aromatic heterocycles. The second kappa shape index (κ2) is 3.72. The maximum Gasteiger partial charge on any atom is 0.139 e. The number of aromatic nitrogens is 3. The van der Waals surface area contributed by atoms with Gasteiger partial charge in [0.05, 0.1) is 22.7 Å². The van der Waals surface area contributed by atoms with Crippen molar-refractivity contribution in [1.29, 1.82) is 5.26 Å². The molecule has 0 saturated heterocycles.